The van der Waals surface area contributed by atoms with Crippen LogP contribution in [0, 0.1) is 0 Å². The molecule has 2 aromatic rings. The van der Waals surface area contributed by atoms with Gasteiger partial charge in [-0.3, -0.25) is 4.79 Å². The van der Waals surface area contributed by atoms with Crippen molar-refractivity contribution in [3.63, 3.8) is 0 Å². The molecule has 3 rings (SSSR count). The molecule has 0 unspecified atom stereocenters. The van der Waals surface area contributed by atoms with E-state index in [1.807, 2.05) is 12.1 Å². The second-order valence-electron chi connectivity index (χ2n) is 6.24. The van der Waals surface area contributed by atoms with Crippen LogP contribution in [0.3, 0.4) is 0 Å². The third-order valence-electron chi connectivity index (χ3n) is 4.37. The maximum Gasteiger partial charge on any atom is 0.338 e. The number of hydrogen-bond donors (Lipinski definition) is 0. The molecule has 1 saturated carbocycles. The van der Waals surface area contributed by atoms with Gasteiger partial charge in [0.05, 0.1) is 11.1 Å². The van der Waals surface area contributed by atoms with Gasteiger partial charge in [0.15, 0.2) is 0 Å². The highest BCUT2D eigenvalue weighted by Crippen LogP contribution is 2.23. The number of rotatable bonds is 4. The second-order valence-corrected chi connectivity index (χ2v) is 6.24. The number of ketones is 1. The van der Waals surface area contributed by atoms with Crippen LogP contribution in [0.5, 0.6) is 0 Å². The van der Waals surface area contributed by atoms with Crippen molar-refractivity contribution in [1.82, 2.24) is 0 Å². The van der Waals surface area contributed by atoms with Crippen LogP contribution in [0.15, 0.2) is 60.7 Å². The molecule has 2 aromatic carbocycles. The van der Waals surface area contributed by atoms with Crippen LogP contribution in [0.1, 0.15) is 46.4 Å². The Kier molecular flexibility index (Phi) is 5.79. The lowest BCUT2D eigenvalue weighted by Gasteiger charge is -2.25. The van der Waals surface area contributed by atoms with Crippen LogP contribution in [0.4, 0.5) is 0 Å². The Balaban J connectivity index is 1.72. The molecule has 1 fully saturated rings. The number of ether oxygens (including phenoxy) is 2. The van der Waals surface area contributed by atoms with E-state index in [2.05, 4.69) is 0 Å². The molecule has 26 heavy (non-hydrogen) atoms. The molecule has 1 aliphatic rings. The molecule has 5 nitrogen and oxygen atoms in total. The summed E-state index contributed by atoms with van der Waals surface area (Å²) >= 11 is 0. The quantitative estimate of drug-likeness (QED) is 0.621. The Bertz CT molecular complexity index is 704. The van der Waals surface area contributed by atoms with E-state index in [4.69, 9.17) is 9.47 Å². The number of benzene rings is 2. The highest BCUT2D eigenvalue weighted by atomic mass is 16.6. The monoisotopic (exact) mass is 352 g/mol. The molecule has 0 radical (unpaired) electrons. The van der Waals surface area contributed by atoms with Gasteiger partial charge in [-0.15, -0.1) is 0 Å². The van der Waals surface area contributed by atoms with E-state index in [1.54, 1.807) is 48.5 Å². The van der Waals surface area contributed by atoms with Gasteiger partial charge in [0, 0.05) is 12.8 Å². The Hall–Kier alpha value is -2.95. The van der Waals surface area contributed by atoms with Gasteiger partial charge in [-0.25, -0.2) is 9.59 Å². The summed E-state index contributed by atoms with van der Waals surface area (Å²) in [6, 6.07) is 17.3. The normalized spacial score (nSPS) is 20.1. The average Bonchev–Trinajstić information content (AvgIpc) is 2.85. The summed E-state index contributed by atoms with van der Waals surface area (Å²) in [4.78, 5) is 36.5. The van der Waals surface area contributed by atoms with Crippen molar-refractivity contribution in [2.45, 2.75) is 37.9 Å². The van der Waals surface area contributed by atoms with Gasteiger partial charge in [-0.1, -0.05) is 36.4 Å². The molecule has 0 aromatic heterocycles. The molecule has 0 N–H and O–H groups in total. The molecule has 0 bridgehead atoms. The van der Waals surface area contributed by atoms with E-state index in [1.165, 1.54) is 0 Å². The molecular weight excluding hydrogens is 332 g/mol. The zero-order valence-electron chi connectivity index (χ0n) is 14.3. The predicted molar refractivity (Wildman–Crippen MR) is 94.8 cm³/mol. The molecule has 1 aliphatic carbocycles. The SMILES string of the molecule is O=C1CC[C@H](OC(=O)c2ccccc2)[C@H](OC(=O)c2ccccc2)CC1. The lowest BCUT2D eigenvalue weighted by Crippen LogP contribution is -2.34. The highest BCUT2D eigenvalue weighted by Gasteiger charge is 2.32. The summed E-state index contributed by atoms with van der Waals surface area (Å²) in [6.07, 6.45) is 0.0515. The minimum Gasteiger partial charge on any atom is -0.455 e. The first kappa shape index (κ1) is 17.9. The molecule has 0 saturated heterocycles. The zero-order valence-corrected chi connectivity index (χ0v) is 14.3. The molecule has 0 aliphatic heterocycles. The number of carbonyl (C=O) groups excluding carboxylic acids is 3. The minimum atomic E-state index is -0.637. The summed E-state index contributed by atoms with van der Waals surface area (Å²) in [6.45, 7) is 0. The van der Waals surface area contributed by atoms with Crippen molar-refractivity contribution in [3.8, 4) is 0 Å². The van der Waals surface area contributed by atoms with Crippen LogP contribution in [0.2, 0.25) is 0 Å². The molecule has 0 heterocycles. The summed E-state index contributed by atoms with van der Waals surface area (Å²) < 4.78 is 11.2. The Morgan fingerprint density at radius 3 is 1.46 bits per heavy atom. The molecular formula is C21H20O5. The lowest BCUT2D eigenvalue weighted by molar-refractivity contribution is -0.119. The first-order valence-electron chi connectivity index (χ1n) is 8.67. The first-order chi connectivity index (χ1) is 12.6. The molecule has 0 spiro atoms. The van der Waals surface area contributed by atoms with Crippen molar-refractivity contribution in [2.24, 2.45) is 0 Å². The minimum absolute atomic E-state index is 0.0871. The van der Waals surface area contributed by atoms with Crippen molar-refractivity contribution >= 4 is 17.7 Å². The van der Waals surface area contributed by atoms with Gasteiger partial charge in [-0.2, -0.15) is 0 Å². The smallest absolute Gasteiger partial charge is 0.338 e. The second kappa shape index (κ2) is 8.43. The van der Waals surface area contributed by atoms with Gasteiger partial charge >= 0.3 is 11.9 Å². The maximum atomic E-state index is 12.4. The van der Waals surface area contributed by atoms with Crippen molar-refractivity contribution in [1.29, 1.82) is 0 Å². The highest BCUT2D eigenvalue weighted by molar-refractivity contribution is 5.90. The summed E-state index contributed by atoms with van der Waals surface area (Å²) in [5, 5.41) is 0. The Morgan fingerprint density at radius 1 is 0.692 bits per heavy atom. The van der Waals surface area contributed by atoms with Crippen molar-refractivity contribution < 1.29 is 23.9 Å². The Morgan fingerprint density at radius 2 is 1.08 bits per heavy atom. The fraction of sp³-hybridized carbons (Fsp3) is 0.286. The van der Waals surface area contributed by atoms with Gasteiger partial charge in [0.1, 0.15) is 18.0 Å². The fourth-order valence-electron chi connectivity index (χ4n) is 2.93. The summed E-state index contributed by atoms with van der Waals surface area (Å²) in [7, 11) is 0. The van der Waals surface area contributed by atoms with Crippen molar-refractivity contribution in [2.75, 3.05) is 0 Å². The zero-order chi connectivity index (χ0) is 18.4. The van der Waals surface area contributed by atoms with Gasteiger partial charge in [-0.05, 0) is 37.1 Å². The fourth-order valence-corrected chi connectivity index (χ4v) is 2.93. The van der Waals surface area contributed by atoms with Crippen LogP contribution in [-0.4, -0.2) is 29.9 Å². The summed E-state index contributed by atoms with van der Waals surface area (Å²) in [5.74, 6) is -0.875. The topological polar surface area (TPSA) is 69.7 Å². The van der Waals surface area contributed by atoms with E-state index in [0.717, 1.165) is 0 Å². The van der Waals surface area contributed by atoms with Crippen LogP contribution >= 0.6 is 0 Å². The van der Waals surface area contributed by atoms with Gasteiger partial charge in [0.25, 0.3) is 0 Å². The van der Waals surface area contributed by atoms with Gasteiger partial charge in [0.2, 0.25) is 0 Å². The summed E-state index contributed by atoms with van der Waals surface area (Å²) in [5.41, 5.74) is 0.854. The van der Waals surface area contributed by atoms with Crippen LogP contribution < -0.4 is 0 Å². The number of carbonyl (C=O) groups is 3. The third-order valence-corrected chi connectivity index (χ3v) is 4.37. The number of esters is 2. The number of Topliss-reactive ketones (excluding diaryl/α,β-unsaturated/α-hetero) is 1. The molecule has 2 atom stereocenters. The van der Waals surface area contributed by atoms with Crippen molar-refractivity contribution in [3.05, 3.63) is 71.8 Å². The lowest BCUT2D eigenvalue weighted by atomic mass is 10.1. The van der Waals surface area contributed by atoms with Crippen LogP contribution in [0.25, 0.3) is 0 Å². The van der Waals surface area contributed by atoms with E-state index < -0.39 is 24.1 Å². The largest absolute Gasteiger partial charge is 0.455 e. The van der Waals surface area contributed by atoms with E-state index in [9.17, 15) is 14.4 Å². The third kappa shape index (κ3) is 4.57. The van der Waals surface area contributed by atoms with E-state index in [0.29, 0.717) is 36.8 Å². The standard InChI is InChI=1S/C21H20O5/c22-17-11-13-18(25-20(23)15-7-3-1-4-8-15)19(14-12-17)26-21(24)16-9-5-2-6-10-16/h1-10,18-19H,11-14H2/t18-,19+. The Labute approximate surface area is 151 Å². The van der Waals surface area contributed by atoms with Gasteiger partial charge < -0.3 is 9.47 Å². The average molecular weight is 352 g/mol. The van der Waals surface area contributed by atoms with E-state index >= 15 is 0 Å². The maximum absolute atomic E-state index is 12.4. The predicted octanol–water partition coefficient (Wildman–Crippen LogP) is 3.58. The van der Waals surface area contributed by atoms with Crippen LogP contribution in [-0.2, 0) is 14.3 Å². The van der Waals surface area contributed by atoms with E-state index in [-0.39, 0.29) is 5.78 Å². The molecule has 0 amide bonds. The number of hydrogen-bond acceptors (Lipinski definition) is 5. The molecule has 134 valence electrons. The first-order valence-corrected chi connectivity index (χ1v) is 8.67. The molecule has 5 heteroatoms.